The Balaban J connectivity index is 4.03. The van der Waals surface area contributed by atoms with Crippen LogP contribution in [0.3, 0.4) is 0 Å². The van der Waals surface area contributed by atoms with Crippen LogP contribution in [0.25, 0.3) is 0 Å². The summed E-state index contributed by atoms with van der Waals surface area (Å²) in [5.41, 5.74) is 0.365. The third kappa shape index (κ3) is 7.27. The molecule has 1 N–H and O–H groups in total. The van der Waals surface area contributed by atoms with E-state index in [1.54, 1.807) is 20.8 Å². The SMILES string of the molecule is C=C(C)C(=O)OC(C)CC(C)NC(=O)N=CC. The lowest BCUT2D eigenvalue weighted by Gasteiger charge is -2.18. The number of ether oxygens (including phenoxy) is 1. The minimum atomic E-state index is -0.414. The number of nitrogens with zero attached hydrogens (tertiary/aromatic N) is 1. The zero-order valence-electron chi connectivity index (χ0n) is 10.8. The molecule has 5 heteroatoms. The van der Waals surface area contributed by atoms with Gasteiger partial charge in [-0.3, -0.25) is 0 Å². The van der Waals surface area contributed by atoms with Gasteiger partial charge < -0.3 is 10.1 Å². The van der Waals surface area contributed by atoms with Gasteiger partial charge in [0.25, 0.3) is 0 Å². The highest BCUT2D eigenvalue weighted by Crippen LogP contribution is 2.05. The normalized spacial score (nSPS) is 14.1. The number of carbonyl (C=O) groups excluding carboxylic acids is 2. The molecular weight excluding hydrogens is 220 g/mol. The third-order valence-electron chi connectivity index (χ3n) is 1.96. The van der Waals surface area contributed by atoms with Crippen LogP contribution >= 0.6 is 0 Å². The van der Waals surface area contributed by atoms with Crippen LogP contribution in [0.15, 0.2) is 17.1 Å². The van der Waals surface area contributed by atoms with Gasteiger partial charge in [0, 0.05) is 24.3 Å². The van der Waals surface area contributed by atoms with Crippen molar-refractivity contribution in [3.05, 3.63) is 12.2 Å². The van der Waals surface area contributed by atoms with E-state index >= 15 is 0 Å². The first kappa shape index (κ1) is 15.3. The lowest BCUT2D eigenvalue weighted by molar-refractivity contribution is -0.143. The van der Waals surface area contributed by atoms with Gasteiger partial charge in [0.2, 0.25) is 0 Å². The van der Waals surface area contributed by atoms with Crippen molar-refractivity contribution in [2.24, 2.45) is 4.99 Å². The summed E-state index contributed by atoms with van der Waals surface area (Å²) >= 11 is 0. The quantitative estimate of drug-likeness (QED) is 0.454. The summed E-state index contributed by atoms with van der Waals surface area (Å²) in [7, 11) is 0. The topological polar surface area (TPSA) is 67.8 Å². The monoisotopic (exact) mass is 240 g/mol. The fourth-order valence-corrected chi connectivity index (χ4v) is 1.25. The fourth-order valence-electron chi connectivity index (χ4n) is 1.25. The molecule has 0 saturated carbocycles. The summed E-state index contributed by atoms with van der Waals surface area (Å²) in [5, 5.41) is 2.66. The molecule has 17 heavy (non-hydrogen) atoms. The number of rotatable bonds is 5. The molecule has 0 aliphatic rings. The number of nitrogens with one attached hydrogen (secondary N) is 1. The highest BCUT2D eigenvalue weighted by atomic mass is 16.5. The highest BCUT2D eigenvalue weighted by Gasteiger charge is 2.14. The van der Waals surface area contributed by atoms with Crippen LogP contribution < -0.4 is 5.32 Å². The van der Waals surface area contributed by atoms with Crippen LogP contribution in [0.4, 0.5) is 4.79 Å². The van der Waals surface area contributed by atoms with Crippen molar-refractivity contribution < 1.29 is 14.3 Å². The summed E-state index contributed by atoms with van der Waals surface area (Å²) < 4.78 is 5.10. The highest BCUT2D eigenvalue weighted by molar-refractivity contribution is 5.87. The van der Waals surface area contributed by atoms with Crippen LogP contribution in [0.2, 0.25) is 0 Å². The minimum Gasteiger partial charge on any atom is -0.459 e. The number of hydrogen-bond donors (Lipinski definition) is 1. The molecule has 96 valence electrons. The molecule has 2 amide bonds. The number of esters is 1. The first-order valence-corrected chi connectivity index (χ1v) is 5.52. The van der Waals surface area contributed by atoms with Gasteiger partial charge in [-0.05, 0) is 27.7 Å². The van der Waals surface area contributed by atoms with Gasteiger partial charge in [-0.25, -0.2) is 14.6 Å². The van der Waals surface area contributed by atoms with Crippen LogP contribution in [-0.2, 0) is 9.53 Å². The van der Waals surface area contributed by atoms with Crippen molar-refractivity contribution in [3.63, 3.8) is 0 Å². The van der Waals surface area contributed by atoms with Crippen molar-refractivity contribution in [2.45, 2.75) is 46.3 Å². The second-order valence-corrected chi connectivity index (χ2v) is 3.97. The predicted molar refractivity (Wildman–Crippen MR) is 67.1 cm³/mol. The average Bonchev–Trinajstić information content (AvgIpc) is 2.16. The predicted octanol–water partition coefficient (Wildman–Crippen LogP) is 2.07. The Labute approximate surface area is 102 Å². The van der Waals surface area contributed by atoms with E-state index in [0.29, 0.717) is 12.0 Å². The number of carbonyl (C=O) groups is 2. The molecule has 0 saturated heterocycles. The Kier molecular flexibility index (Phi) is 6.86. The molecule has 2 atom stereocenters. The molecule has 0 aliphatic carbocycles. The van der Waals surface area contributed by atoms with Crippen molar-refractivity contribution in [3.8, 4) is 0 Å². The molecule has 0 aromatic heterocycles. The molecule has 0 radical (unpaired) electrons. The smallest absolute Gasteiger partial charge is 0.340 e. The maximum absolute atomic E-state index is 11.2. The molecule has 2 unspecified atom stereocenters. The summed E-state index contributed by atoms with van der Waals surface area (Å²) in [4.78, 5) is 25.9. The van der Waals surface area contributed by atoms with Gasteiger partial charge in [0.05, 0.1) is 0 Å². The van der Waals surface area contributed by atoms with Gasteiger partial charge >= 0.3 is 12.0 Å². The van der Waals surface area contributed by atoms with E-state index in [9.17, 15) is 9.59 Å². The minimum absolute atomic E-state index is 0.112. The van der Waals surface area contributed by atoms with E-state index in [4.69, 9.17) is 4.74 Å². The molecular formula is C12H20N2O3. The summed E-state index contributed by atoms with van der Waals surface area (Å²) in [5.74, 6) is -0.414. The van der Waals surface area contributed by atoms with Crippen LogP contribution in [-0.4, -0.2) is 30.4 Å². The Morgan fingerprint density at radius 3 is 2.53 bits per heavy atom. The van der Waals surface area contributed by atoms with E-state index in [0.717, 1.165) is 0 Å². The molecule has 0 heterocycles. The van der Waals surface area contributed by atoms with E-state index in [-0.39, 0.29) is 12.1 Å². The van der Waals surface area contributed by atoms with Crippen molar-refractivity contribution in [2.75, 3.05) is 0 Å². The lowest BCUT2D eigenvalue weighted by atomic mass is 10.1. The van der Waals surface area contributed by atoms with E-state index in [2.05, 4.69) is 16.9 Å². The van der Waals surface area contributed by atoms with Crippen molar-refractivity contribution >= 4 is 18.2 Å². The van der Waals surface area contributed by atoms with Crippen LogP contribution in [0.5, 0.6) is 0 Å². The molecule has 0 aliphatic heterocycles. The lowest BCUT2D eigenvalue weighted by Crippen LogP contribution is -2.34. The summed E-state index contributed by atoms with van der Waals surface area (Å²) in [6, 6.07) is -0.502. The maximum atomic E-state index is 11.2. The second-order valence-electron chi connectivity index (χ2n) is 3.97. The summed E-state index contributed by atoms with van der Waals surface area (Å²) in [6.45, 7) is 10.4. The largest absolute Gasteiger partial charge is 0.459 e. The van der Waals surface area contributed by atoms with Gasteiger partial charge in [-0.2, -0.15) is 0 Å². The molecule has 0 bridgehead atoms. The first-order chi connectivity index (χ1) is 7.86. The van der Waals surface area contributed by atoms with Gasteiger partial charge in [-0.1, -0.05) is 6.58 Å². The molecule has 0 spiro atoms. The van der Waals surface area contributed by atoms with Crippen LogP contribution in [0, 0.1) is 0 Å². The second kappa shape index (κ2) is 7.60. The standard InChI is InChI=1S/C12H20N2O3/c1-6-13-12(16)14-9(4)7-10(5)17-11(15)8(2)3/h6,9-10H,2,7H2,1,3-5H3,(H,14,16). The Morgan fingerprint density at radius 1 is 1.47 bits per heavy atom. The first-order valence-electron chi connectivity index (χ1n) is 5.52. The van der Waals surface area contributed by atoms with Crippen molar-refractivity contribution in [1.82, 2.24) is 5.32 Å². The van der Waals surface area contributed by atoms with Gasteiger partial charge in [0.1, 0.15) is 6.10 Å². The van der Waals surface area contributed by atoms with E-state index < -0.39 is 12.0 Å². The molecule has 0 fully saturated rings. The molecule has 0 rings (SSSR count). The molecule has 0 aromatic carbocycles. The van der Waals surface area contributed by atoms with Crippen LogP contribution in [0.1, 0.15) is 34.1 Å². The Bertz CT molecular complexity index is 324. The number of hydrogen-bond acceptors (Lipinski definition) is 3. The molecule has 5 nitrogen and oxygen atoms in total. The zero-order chi connectivity index (χ0) is 13.4. The number of urea groups is 1. The van der Waals surface area contributed by atoms with E-state index in [1.165, 1.54) is 6.21 Å². The summed E-state index contributed by atoms with van der Waals surface area (Å²) in [6.07, 6.45) is 1.68. The van der Waals surface area contributed by atoms with Gasteiger partial charge in [-0.15, -0.1) is 0 Å². The molecule has 0 aromatic rings. The Hall–Kier alpha value is -1.65. The average molecular weight is 240 g/mol. The fraction of sp³-hybridized carbons (Fsp3) is 0.583. The van der Waals surface area contributed by atoms with Gasteiger partial charge in [0.15, 0.2) is 0 Å². The van der Waals surface area contributed by atoms with Crippen molar-refractivity contribution in [1.29, 1.82) is 0 Å². The maximum Gasteiger partial charge on any atom is 0.340 e. The van der Waals surface area contributed by atoms with E-state index in [1.807, 2.05) is 6.92 Å². The number of amides is 2. The third-order valence-corrected chi connectivity index (χ3v) is 1.96. The zero-order valence-corrected chi connectivity index (χ0v) is 10.8. The number of aliphatic imine (C=N–C) groups is 1. The Morgan fingerprint density at radius 2 is 2.06 bits per heavy atom.